The molecular weight excluding hydrogens is 1550 g/mol. The van der Waals surface area contributed by atoms with E-state index in [-0.39, 0.29) is 0 Å². The Bertz CT molecular complexity index is 8950. The summed E-state index contributed by atoms with van der Waals surface area (Å²) in [6, 6.07) is 161. The van der Waals surface area contributed by atoms with Crippen molar-refractivity contribution < 1.29 is 4.42 Å². The molecule has 0 spiro atoms. The molecule has 6 heteroatoms. The summed E-state index contributed by atoms with van der Waals surface area (Å²) in [5.41, 5.74) is 25.5. The van der Waals surface area contributed by atoms with Gasteiger partial charge in [0.1, 0.15) is 11.2 Å². The Kier molecular flexibility index (Phi) is 15.4. The first-order valence-corrected chi connectivity index (χ1v) is 44.2. The van der Waals surface area contributed by atoms with Gasteiger partial charge in [-0.3, -0.25) is 0 Å². The van der Waals surface area contributed by atoms with Crippen molar-refractivity contribution in [2.75, 3.05) is 0 Å². The maximum atomic E-state index is 6.70. The van der Waals surface area contributed by atoms with Crippen LogP contribution in [0.15, 0.2) is 441 Å². The molecule has 584 valence electrons. The first-order valence-electron chi connectivity index (χ1n) is 43.3. The fraction of sp³-hybridized carbons (Fsp3) is 0. The molecule has 0 N–H and O–H groups in total. The number of benzene rings is 22. The second kappa shape index (κ2) is 27.6. The van der Waals surface area contributed by atoms with E-state index in [2.05, 4.69) is 449 Å². The lowest BCUT2D eigenvalue weighted by Gasteiger charge is -2.19. The topological polar surface area (TPSA) is 32.9 Å². The summed E-state index contributed by atoms with van der Waals surface area (Å²) in [4.78, 5) is 0. The molecule has 0 aliphatic carbocycles. The van der Waals surface area contributed by atoms with Gasteiger partial charge in [0.05, 0.1) is 55.5 Å². The van der Waals surface area contributed by atoms with Crippen LogP contribution in [0.25, 0.3) is 261 Å². The molecule has 0 amide bonds. The molecule has 126 heavy (non-hydrogen) atoms. The fourth-order valence-electron chi connectivity index (χ4n) is 21.5. The summed E-state index contributed by atoms with van der Waals surface area (Å²) >= 11 is 1.90. The molecule has 0 aliphatic rings. The van der Waals surface area contributed by atoms with Crippen LogP contribution in [-0.2, 0) is 0 Å². The molecule has 6 aromatic heterocycles. The summed E-state index contributed by atoms with van der Waals surface area (Å²) in [5, 5.41) is 29.9. The summed E-state index contributed by atoms with van der Waals surface area (Å²) < 4.78 is 19.2. The Hall–Kier alpha value is -16.4. The van der Waals surface area contributed by atoms with Gasteiger partial charge in [0, 0.05) is 102 Å². The molecule has 0 unspecified atom stereocenters. The van der Waals surface area contributed by atoms with Gasteiger partial charge in [0.2, 0.25) is 0 Å². The van der Waals surface area contributed by atoms with Crippen molar-refractivity contribution in [2.24, 2.45) is 0 Å². The van der Waals surface area contributed by atoms with Crippen LogP contribution >= 0.6 is 11.3 Å². The maximum Gasteiger partial charge on any atom is 0.143 e. The standard InChI is InChI=1S/C60H36N2O.C60H36N2S/c2*1-2-15-40(16-3-1)61-53-26-11-8-20-45(53)50-33-37(29-31-55(50)61)38-30-32-56-51(34-38)46-21-9-12-27-54(46)62(56)57-36-39(41-24-14-25-49-47-22-10-13-28-58(47)63-60(41)49)35-52-44-19-5-4-17-42(44)43-18-6-7-23-48(43)59(52)57/h2*1-36H. The molecular formula is C120H72N4OS. The van der Waals surface area contributed by atoms with Crippen LogP contribution in [0, 0.1) is 0 Å². The Balaban J connectivity index is 0.000000131. The second-order valence-electron chi connectivity index (χ2n) is 33.6. The van der Waals surface area contributed by atoms with E-state index in [0.29, 0.717) is 0 Å². The number of para-hydroxylation sites is 8. The fourth-order valence-corrected chi connectivity index (χ4v) is 22.7. The highest BCUT2D eigenvalue weighted by molar-refractivity contribution is 7.26. The number of hydrogen-bond acceptors (Lipinski definition) is 2. The number of nitrogens with zero attached hydrogens (tertiary/aromatic N) is 4. The zero-order chi connectivity index (χ0) is 82.3. The average Bonchev–Trinajstić information content (AvgIpc) is 1.45. The quantitative estimate of drug-likeness (QED) is 0.140. The van der Waals surface area contributed by atoms with E-state index in [1.165, 1.54) is 217 Å². The third-order valence-corrected chi connectivity index (χ3v) is 28.2. The highest BCUT2D eigenvalue weighted by Crippen LogP contribution is 2.51. The predicted molar refractivity (Wildman–Crippen MR) is 537 cm³/mol. The van der Waals surface area contributed by atoms with Crippen molar-refractivity contribution in [1.29, 1.82) is 0 Å². The Morgan fingerprint density at radius 2 is 0.476 bits per heavy atom. The first kappa shape index (κ1) is 70.3. The lowest BCUT2D eigenvalue weighted by atomic mass is 9.90. The maximum absolute atomic E-state index is 6.70. The molecule has 0 aliphatic heterocycles. The minimum absolute atomic E-state index is 0.900. The number of furan rings is 1. The van der Waals surface area contributed by atoms with Crippen molar-refractivity contribution in [3.63, 3.8) is 0 Å². The normalized spacial score (nSPS) is 12.1. The molecule has 0 atom stereocenters. The number of hydrogen-bond donors (Lipinski definition) is 0. The van der Waals surface area contributed by atoms with Crippen LogP contribution in [0.1, 0.15) is 0 Å². The molecule has 0 fully saturated rings. The number of aromatic nitrogens is 4. The van der Waals surface area contributed by atoms with Crippen molar-refractivity contribution >= 4 is 205 Å². The smallest absolute Gasteiger partial charge is 0.143 e. The lowest BCUT2D eigenvalue weighted by molar-refractivity contribution is 0.670. The van der Waals surface area contributed by atoms with E-state index in [4.69, 9.17) is 4.42 Å². The minimum Gasteiger partial charge on any atom is -0.455 e. The van der Waals surface area contributed by atoms with Gasteiger partial charge in [-0.1, -0.05) is 303 Å². The highest BCUT2D eigenvalue weighted by Gasteiger charge is 2.26. The second-order valence-corrected chi connectivity index (χ2v) is 34.6. The summed E-state index contributed by atoms with van der Waals surface area (Å²) in [6.45, 7) is 0. The van der Waals surface area contributed by atoms with Gasteiger partial charge in [0.15, 0.2) is 0 Å². The molecule has 0 radical (unpaired) electrons. The van der Waals surface area contributed by atoms with Crippen molar-refractivity contribution in [2.45, 2.75) is 0 Å². The highest BCUT2D eigenvalue weighted by atomic mass is 32.1. The largest absolute Gasteiger partial charge is 0.455 e. The van der Waals surface area contributed by atoms with Crippen LogP contribution < -0.4 is 0 Å². The van der Waals surface area contributed by atoms with Gasteiger partial charge in [-0.2, -0.15) is 0 Å². The zero-order valence-electron chi connectivity index (χ0n) is 68.2. The van der Waals surface area contributed by atoms with Crippen molar-refractivity contribution in [1.82, 2.24) is 18.3 Å². The SMILES string of the molecule is c1ccc(-n2c3ccccc3c3cc(-c4ccc5c(c4)c4ccccc4n5-c4cc(-c5cccc6c5oc5ccccc56)cc5c6ccccc6c6ccccc6c45)ccc32)cc1.c1ccc(-n2c3ccccc3c3cc(-c4ccc5c(c4)c4ccccc4n5-c4cc(-c5cccc6c5sc5ccccc56)cc5c6ccccc6c6ccccc6c45)ccc32)cc1. The third-order valence-electron chi connectivity index (χ3n) is 26.9. The van der Waals surface area contributed by atoms with Gasteiger partial charge >= 0.3 is 0 Å². The molecule has 22 aromatic carbocycles. The molecule has 0 saturated heterocycles. The Morgan fingerprint density at radius 3 is 0.921 bits per heavy atom. The van der Waals surface area contributed by atoms with Gasteiger partial charge in [-0.05, 0) is 226 Å². The molecule has 0 saturated carbocycles. The van der Waals surface area contributed by atoms with Crippen LogP contribution in [0.4, 0.5) is 0 Å². The number of thiophene rings is 1. The summed E-state index contributed by atoms with van der Waals surface area (Å²) in [6.07, 6.45) is 0. The van der Waals surface area contributed by atoms with Crippen LogP contribution in [0.5, 0.6) is 0 Å². The van der Waals surface area contributed by atoms with E-state index in [1.54, 1.807) is 0 Å². The molecule has 0 bridgehead atoms. The predicted octanol–water partition coefficient (Wildman–Crippen LogP) is 33.6. The van der Waals surface area contributed by atoms with E-state index < -0.39 is 0 Å². The average molecular weight is 1620 g/mol. The Morgan fingerprint density at radius 1 is 0.175 bits per heavy atom. The van der Waals surface area contributed by atoms with Crippen LogP contribution in [0.3, 0.4) is 0 Å². The Labute approximate surface area is 726 Å². The molecule has 5 nitrogen and oxygen atoms in total. The van der Waals surface area contributed by atoms with E-state index >= 15 is 0 Å². The van der Waals surface area contributed by atoms with Crippen molar-refractivity contribution in [3.8, 4) is 67.3 Å². The molecule has 6 heterocycles. The van der Waals surface area contributed by atoms with Gasteiger partial charge in [-0.15, -0.1) is 11.3 Å². The van der Waals surface area contributed by atoms with Gasteiger partial charge in [-0.25, -0.2) is 0 Å². The summed E-state index contributed by atoms with van der Waals surface area (Å²) in [5.74, 6) is 0. The summed E-state index contributed by atoms with van der Waals surface area (Å²) in [7, 11) is 0. The van der Waals surface area contributed by atoms with Gasteiger partial charge < -0.3 is 22.7 Å². The molecule has 28 aromatic rings. The van der Waals surface area contributed by atoms with E-state index in [0.717, 1.165) is 44.4 Å². The lowest BCUT2D eigenvalue weighted by Crippen LogP contribution is -1.98. The van der Waals surface area contributed by atoms with Crippen molar-refractivity contribution in [3.05, 3.63) is 437 Å². The number of rotatable bonds is 8. The molecule has 28 rings (SSSR count). The van der Waals surface area contributed by atoms with E-state index in [9.17, 15) is 0 Å². The zero-order valence-corrected chi connectivity index (χ0v) is 69.0. The van der Waals surface area contributed by atoms with Gasteiger partial charge in [0.25, 0.3) is 0 Å². The first-order chi connectivity index (χ1) is 62.5. The minimum atomic E-state index is 0.900. The van der Waals surface area contributed by atoms with Crippen LogP contribution in [0.2, 0.25) is 0 Å². The number of fused-ring (bicyclic) bond motifs is 30. The third kappa shape index (κ3) is 10.5. The monoisotopic (exact) mass is 1620 g/mol. The van der Waals surface area contributed by atoms with Crippen LogP contribution in [-0.4, -0.2) is 18.3 Å². The van der Waals surface area contributed by atoms with E-state index in [1.807, 2.05) is 17.4 Å².